The molecular formula is C24H34. The van der Waals surface area contributed by atoms with Crippen LogP contribution in [0.4, 0.5) is 0 Å². The molecule has 0 amide bonds. The van der Waals surface area contributed by atoms with E-state index < -0.39 is 0 Å². The molecule has 0 aliphatic heterocycles. The van der Waals surface area contributed by atoms with Crippen molar-refractivity contribution in [2.45, 2.75) is 80.1 Å². The summed E-state index contributed by atoms with van der Waals surface area (Å²) in [6, 6.07) is 9.79. The molecule has 0 nitrogen and oxygen atoms in total. The minimum atomic E-state index is 1.11. The summed E-state index contributed by atoms with van der Waals surface area (Å²) >= 11 is 0. The molecule has 130 valence electrons. The molecule has 0 saturated heterocycles. The molecule has 0 spiro atoms. The van der Waals surface area contributed by atoms with Crippen LogP contribution < -0.4 is 0 Å². The van der Waals surface area contributed by atoms with Crippen LogP contribution in [0.5, 0.6) is 0 Å². The van der Waals surface area contributed by atoms with Crippen LogP contribution in [-0.2, 0) is 38.5 Å². The topological polar surface area (TPSA) is 0 Å². The average molecular weight is 323 g/mol. The molecule has 0 unspecified atom stereocenters. The second-order valence-electron chi connectivity index (χ2n) is 6.68. The van der Waals surface area contributed by atoms with Crippen LogP contribution in [0.3, 0.4) is 0 Å². The Kier molecular flexibility index (Phi) is 6.66. The van der Waals surface area contributed by atoms with Crippen molar-refractivity contribution in [2.24, 2.45) is 0 Å². The minimum absolute atomic E-state index is 1.11. The van der Waals surface area contributed by atoms with Gasteiger partial charge in [-0.3, -0.25) is 0 Å². The Morgan fingerprint density at radius 2 is 0.833 bits per heavy atom. The molecule has 2 aromatic rings. The molecule has 0 saturated carbocycles. The van der Waals surface area contributed by atoms with Crippen LogP contribution >= 0.6 is 0 Å². The van der Waals surface area contributed by atoms with E-state index in [0.29, 0.717) is 0 Å². The van der Waals surface area contributed by atoms with Gasteiger partial charge in [0.05, 0.1) is 0 Å². The standard InChI is InChI=1S/C24H34/c1-7-17-13-19(9-3)21(11-5)23(15-17)24-16-18(8-2)14-20(10-4)22(24)12-6/h13-16H,7-12H2,1-6H3. The Balaban J connectivity index is 2.83. The molecule has 24 heavy (non-hydrogen) atoms. The first-order valence-corrected chi connectivity index (χ1v) is 9.92. The van der Waals surface area contributed by atoms with E-state index >= 15 is 0 Å². The van der Waals surface area contributed by atoms with Crippen molar-refractivity contribution in [1.29, 1.82) is 0 Å². The summed E-state index contributed by atoms with van der Waals surface area (Å²) in [5, 5.41) is 0. The highest BCUT2D eigenvalue weighted by Crippen LogP contribution is 2.35. The second-order valence-corrected chi connectivity index (χ2v) is 6.68. The summed E-state index contributed by atoms with van der Waals surface area (Å²) < 4.78 is 0. The highest BCUT2D eigenvalue weighted by Gasteiger charge is 2.15. The van der Waals surface area contributed by atoms with Gasteiger partial charge < -0.3 is 0 Å². The number of benzene rings is 2. The Bertz CT molecular complexity index is 630. The van der Waals surface area contributed by atoms with Gasteiger partial charge in [-0.1, -0.05) is 65.8 Å². The third-order valence-electron chi connectivity index (χ3n) is 5.38. The molecule has 0 atom stereocenters. The SMILES string of the molecule is CCc1cc(CC)c(CC)c(-c2cc(CC)cc(CC)c2CC)c1. The van der Waals surface area contributed by atoms with Gasteiger partial charge in [-0.2, -0.15) is 0 Å². The number of rotatable bonds is 7. The molecule has 0 heterocycles. The lowest BCUT2D eigenvalue weighted by molar-refractivity contribution is 1.000. The minimum Gasteiger partial charge on any atom is -0.0613 e. The first-order valence-electron chi connectivity index (χ1n) is 9.92. The fraction of sp³-hybridized carbons (Fsp3) is 0.500. The third kappa shape index (κ3) is 3.58. The fourth-order valence-corrected chi connectivity index (χ4v) is 3.95. The van der Waals surface area contributed by atoms with Crippen molar-refractivity contribution in [3.05, 3.63) is 57.6 Å². The van der Waals surface area contributed by atoms with Gasteiger partial charge in [-0.05, 0) is 83.0 Å². The highest BCUT2D eigenvalue weighted by molar-refractivity contribution is 5.75. The number of aryl methyl sites for hydroxylation is 4. The Hall–Kier alpha value is -1.56. The van der Waals surface area contributed by atoms with Gasteiger partial charge >= 0.3 is 0 Å². The van der Waals surface area contributed by atoms with Gasteiger partial charge in [0.15, 0.2) is 0 Å². The molecule has 0 aromatic heterocycles. The van der Waals surface area contributed by atoms with E-state index in [1.807, 2.05) is 0 Å². The van der Waals surface area contributed by atoms with Crippen LogP contribution in [0.25, 0.3) is 11.1 Å². The number of hydrogen-bond donors (Lipinski definition) is 0. The van der Waals surface area contributed by atoms with Gasteiger partial charge in [0.1, 0.15) is 0 Å². The van der Waals surface area contributed by atoms with Crippen molar-refractivity contribution in [2.75, 3.05) is 0 Å². The summed E-state index contributed by atoms with van der Waals surface area (Å²) in [6.07, 6.45) is 6.70. The molecule has 0 aliphatic rings. The van der Waals surface area contributed by atoms with Crippen molar-refractivity contribution >= 4 is 0 Å². The lowest BCUT2D eigenvalue weighted by Crippen LogP contribution is -2.03. The first-order chi connectivity index (χ1) is 11.6. The summed E-state index contributed by atoms with van der Waals surface area (Å²) in [5.74, 6) is 0. The predicted molar refractivity (Wildman–Crippen MR) is 108 cm³/mol. The zero-order chi connectivity index (χ0) is 17.7. The van der Waals surface area contributed by atoms with Gasteiger partial charge in [0.2, 0.25) is 0 Å². The maximum Gasteiger partial charge on any atom is -0.0144 e. The van der Waals surface area contributed by atoms with Crippen LogP contribution in [0, 0.1) is 0 Å². The van der Waals surface area contributed by atoms with E-state index in [0.717, 1.165) is 38.5 Å². The molecule has 0 N–H and O–H groups in total. The van der Waals surface area contributed by atoms with Crippen molar-refractivity contribution < 1.29 is 0 Å². The van der Waals surface area contributed by atoms with Gasteiger partial charge in [-0.15, -0.1) is 0 Å². The van der Waals surface area contributed by atoms with Gasteiger partial charge in [-0.25, -0.2) is 0 Å². The molecule has 0 heteroatoms. The van der Waals surface area contributed by atoms with Gasteiger partial charge in [0, 0.05) is 0 Å². The van der Waals surface area contributed by atoms with E-state index in [-0.39, 0.29) is 0 Å². The second kappa shape index (κ2) is 8.51. The lowest BCUT2D eigenvalue weighted by Gasteiger charge is -2.21. The Labute approximate surface area is 149 Å². The van der Waals surface area contributed by atoms with Crippen molar-refractivity contribution in [3.63, 3.8) is 0 Å². The van der Waals surface area contributed by atoms with E-state index in [9.17, 15) is 0 Å². The van der Waals surface area contributed by atoms with E-state index in [4.69, 9.17) is 0 Å². The summed E-state index contributed by atoms with van der Waals surface area (Å²) in [6.45, 7) is 13.7. The number of hydrogen-bond acceptors (Lipinski definition) is 0. The molecule has 2 rings (SSSR count). The van der Waals surface area contributed by atoms with E-state index in [1.54, 1.807) is 11.1 Å². The quantitative estimate of drug-likeness (QED) is 0.530. The van der Waals surface area contributed by atoms with Crippen LogP contribution in [0.1, 0.15) is 74.9 Å². The molecule has 0 fully saturated rings. The molecule has 0 radical (unpaired) electrons. The molecular weight excluding hydrogens is 288 g/mol. The lowest BCUT2D eigenvalue weighted by atomic mass is 9.84. The van der Waals surface area contributed by atoms with Crippen LogP contribution in [0.15, 0.2) is 24.3 Å². The molecule has 0 aliphatic carbocycles. The smallest absolute Gasteiger partial charge is 0.0144 e. The first kappa shape index (κ1) is 18.8. The largest absolute Gasteiger partial charge is 0.0613 e. The molecule has 2 aromatic carbocycles. The predicted octanol–water partition coefficient (Wildman–Crippen LogP) is 6.73. The normalized spacial score (nSPS) is 11.1. The van der Waals surface area contributed by atoms with Crippen LogP contribution in [-0.4, -0.2) is 0 Å². The Morgan fingerprint density at radius 1 is 0.458 bits per heavy atom. The van der Waals surface area contributed by atoms with Gasteiger partial charge in [0.25, 0.3) is 0 Å². The zero-order valence-corrected chi connectivity index (χ0v) is 16.6. The summed E-state index contributed by atoms with van der Waals surface area (Å²) in [4.78, 5) is 0. The maximum atomic E-state index is 2.46. The summed E-state index contributed by atoms with van der Waals surface area (Å²) in [7, 11) is 0. The maximum absolute atomic E-state index is 2.46. The Morgan fingerprint density at radius 3 is 1.08 bits per heavy atom. The van der Waals surface area contributed by atoms with Crippen molar-refractivity contribution in [1.82, 2.24) is 0 Å². The monoisotopic (exact) mass is 322 g/mol. The summed E-state index contributed by atoms with van der Waals surface area (Å²) in [5.41, 5.74) is 12.1. The zero-order valence-electron chi connectivity index (χ0n) is 16.6. The molecule has 0 bridgehead atoms. The fourth-order valence-electron chi connectivity index (χ4n) is 3.95. The third-order valence-corrected chi connectivity index (χ3v) is 5.38. The highest BCUT2D eigenvalue weighted by atomic mass is 14.2. The van der Waals surface area contributed by atoms with E-state index in [1.165, 1.54) is 33.4 Å². The van der Waals surface area contributed by atoms with E-state index in [2.05, 4.69) is 65.8 Å². The van der Waals surface area contributed by atoms with Crippen molar-refractivity contribution in [3.8, 4) is 11.1 Å². The average Bonchev–Trinajstić information content (AvgIpc) is 2.65. The van der Waals surface area contributed by atoms with Crippen LogP contribution in [0.2, 0.25) is 0 Å².